The van der Waals surface area contributed by atoms with Crippen molar-refractivity contribution < 1.29 is 24.5 Å². The van der Waals surface area contributed by atoms with Gasteiger partial charge in [0, 0.05) is 28.1 Å². The molecule has 1 aliphatic heterocycles. The number of benzene rings is 3. The minimum absolute atomic E-state index is 0.166. The van der Waals surface area contributed by atoms with E-state index >= 15 is 0 Å². The molecule has 2 atom stereocenters. The Bertz CT molecular complexity index is 1280. The normalized spacial score (nSPS) is 15.2. The van der Waals surface area contributed by atoms with Crippen LogP contribution in [0.15, 0.2) is 72.0 Å². The molecule has 2 unspecified atom stereocenters. The van der Waals surface area contributed by atoms with E-state index in [1.54, 1.807) is 48.5 Å². The van der Waals surface area contributed by atoms with Crippen LogP contribution < -0.4 is 14.8 Å². The highest BCUT2D eigenvalue weighted by molar-refractivity contribution is 6.32. The van der Waals surface area contributed by atoms with Crippen LogP contribution in [0.5, 0.6) is 17.2 Å². The molecule has 1 aliphatic rings. The Kier molecular flexibility index (Phi) is 8.64. The van der Waals surface area contributed by atoms with Crippen molar-refractivity contribution in [2.75, 3.05) is 13.2 Å². The van der Waals surface area contributed by atoms with Crippen LogP contribution in [0, 0.1) is 0 Å². The van der Waals surface area contributed by atoms with Crippen molar-refractivity contribution in [3.05, 3.63) is 98.7 Å². The summed E-state index contributed by atoms with van der Waals surface area (Å²) in [6.07, 6.45) is 1.15. The van der Waals surface area contributed by atoms with Gasteiger partial charge in [-0.05, 0) is 80.3 Å². The maximum absolute atomic E-state index is 12.7. The van der Waals surface area contributed by atoms with E-state index in [2.05, 4.69) is 5.32 Å². The summed E-state index contributed by atoms with van der Waals surface area (Å²) < 4.78 is 11.8. The van der Waals surface area contributed by atoms with Gasteiger partial charge in [0.25, 0.3) is 5.91 Å². The minimum atomic E-state index is -0.437. The van der Waals surface area contributed by atoms with Gasteiger partial charge in [-0.1, -0.05) is 35.3 Å². The van der Waals surface area contributed by atoms with Crippen molar-refractivity contribution in [2.45, 2.75) is 38.6 Å². The molecule has 0 bridgehead atoms. The fourth-order valence-corrected chi connectivity index (χ4v) is 4.57. The first kappa shape index (κ1) is 26.9. The zero-order valence-electron chi connectivity index (χ0n) is 20.6. The molecule has 8 heteroatoms. The highest BCUT2D eigenvalue weighted by atomic mass is 35.5. The summed E-state index contributed by atoms with van der Waals surface area (Å²) in [5, 5.41) is 24.1. The van der Waals surface area contributed by atoms with Crippen molar-refractivity contribution in [3.63, 3.8) is 0 Å². The number of aliphatic hydroxyl groups is 2. The molecule has 3 aromatic carbocycles. The highest BCUT2D eigenvalue weighted by Gasteiger charge is 2.27. The van der Waals surface area contributed by atoms with Gasteiger partial charge < -0.3 is 25.0 Å². The summed E-state index contributed by atoms with van der Waals surface area (Å²) in [5.74, 6) is 1.40. The average molecular weight is 542 g/mol. The van der Waals surface area contributed by atoms with Crippen molar-refractivity contribution in [2.24, 2.45) is 0 Å². The fourth-order valence-electron chi connectivity index (χ4n) is 4.24. The third-order valence-electron chi connectivity index (χ3n) is 6.24. The lowest BCUT2D eigenvalue weighted by atomic mass is 9.89. The first-order chi connectivity index (χ1) is 17.7. The molecule has 3 N–H and O–H groups in total. The maximum Gasteiger partial charge on any atom is 0.251 e. The van der Waals surface area contributed by atoms with Gasteiger partial charge in [0.05, 0.1) is 30.0 Å². The molecule has 0 radical (unpaired) electrons. The lowest BCUT2D eigenvalue weighted by molar-refractivity contribution is 0.0916. The first-order valence-electron chi connectivity index (χ1n) is 12.0. The van der Waals surface area contributed by atoms with Crippen LogP contribution in [0.3, 0.4) is 0 Å². The molecular weight excluding hydrogens is 513 g/mol. The first-order valence-corrected chi connectivity index (χ1v) is 12.8. The Labute approximate surface area is 226 Å². The molecular formula is C29H29Cl2NO5. The van der Waals surface area contributed by atoms with Crippen LogP contribution in [-0.4, -0.2) is 35.4 Å². The van der Waals surface area contributed by atoms with Gasteiger partial charge >= 0.3 is 0 Å². The van der Waals surface area contributed by atoms with Crippen LogP contribution in [-0.2, 0) is 6.42 Å². The number of amides is 1. The Hall–Kier alpha value is -3.19. The fraction of sp³-hybridized carbons (Fsp3) is 0.276. The molecule has 0 fully saturated rings. The Morgan fingerprint density at radius 3 is 2.46 bits per heavy atom. The van der Waals surface area contributed by atoms with Crippen LogP contribution in [0.2, 0.25) is 10.0 Å². The summed E-state index contributed by atoms with van der Waals surface area (Å²) in [7, 11) is 0. The lowest BCUT2D eigenvalue weighted by Crippen LogP contribution is -2.39. The summed E-state index contributed by atoms with van der Waals surface area (Å²) in [5.41, 5.74) is 3.07. The molecule has 37 heavy (non-hydrogen) atoms. The Morgan fingerprint density at radius 1 is 1.11 bits per heavy atom. The summed E-state index contributed by atoms with van der Waals surface area (Å²) in [6, 6.07) is 17.0. The SMILES string of the molecule is CC(C)=C(O)C1CCOc2cc(Oc3ccc(C(=O)NC(CO)Cc4ccc(Cl)cc4)cc3)c(Cl)cc21. The molecule has 0 aliphatic carbocycles. The van der Waals surface area contributed by atoms with Gasteiger partial charge in [0.1, 0.15) is 17.2 Å². The van der Waals surface area contributed by atoms with Crippen molar-refractivity contribution in [1.82, 2.24) is 5.32 Å². The molecule has 0 saturated carbocycles. The number of ether oxygens (including phenoxy) is 2. The predicted octanol–water partition coefficient (Wildman–Crippen LogP) is 6.84. The number of aliphatic hydroxyl groups excluding tert-OH is 2. The van der Waals surface area contributed by atoms with Gasteiger partial charge in [-0.25, -0.2) is 0 Å². The van der Waals surface area contributed by atoms with E-state index in [-0.39, 0.29) is 18.4 Å². The number of rotatable bonds is 8. The zero-order valence-corrected chi connectivity index (χ0v) is 22.1. The topological polar surface area (TPSA) is 88.0 Å². The highest BCUT2D eigenvalue weighted by Crippen LogP contribution is 2.44. The van der Waals surface area contributed by atoms with Crippen molar-refractivity contribution in [3.8, 4) is 17.2 Å². The van der Waals surface area contributed by atoms with E-state index < -0.39 is 6.04 Å². The number of hydrogen-bond acceptors (Lipinski definition) is 5. The van der Waals surface area contributed by atoms with E-state index in [4.69, 9.17) is 32.7 Å². The standard InChI is InChI=1S/C29H29Cl2NO5/c1-17(2)28(34)23-11-12-36-26-15-27(25(31)14-24(23)26)37-22-9-5-19(6-10-22)29(35)32-21(16-33)13-18-3-7-20(30)8-4-18/h3-10,14-15,21,23,33-34H,11-13,16H2,1-2H3,(H,32,35). The second-order valence-corrected chi connectivity index (χ2v) is 10.0. The molecule has 0 saturated heterocycles. The summed E-state index contributed by atoms with van der Waals surface area (Å²) in [4.78, 5) is 12.7. The van der Waals surface area contributed by atoms with Gasteiger partial charge in [0.2, 0.25) is 0 Å². The van der Waals surface area contributed by atoms with Gasteiger partial charge in [0.15, 0.2) is 0 Å². The minimum Gasteiger partial charge on any atom is -0.512 e. The number of carbonyl (C=O) groups excluding carboxylic acids is 1. The molecule has 3 aromatic rings. The van der Waals surface area contributed by atoms with Gasteiger partial charge in [-0.15, -0.1) is 0 Å². The van der Waals surface area contributed by atoms with Crippen LogP contribution >= 0.6 is 23.2 Å². The second-order valence-electron chi connectivity index (χ2n) is 9.21. The number of allylic oxidation sites excluding steroid dienone is 2. The third kappa shape index (κ3) is 6.58. The number of carbonyl (C=O) groups is 1. The quantitative estimate of drug-likeness (QED) is 0.272. The van der Waals surface area contributed by atoms with Crippen LogP contribution in [0.1, 0.15) is 47.7 Å². The molecule has 6 nitrogen and oxygen atoms in total. The zero-order chi connectivity index (χ0) is 26.5. The van der Waals surface area contributed by atoms with Crippen LogP contribution in [0.25, 0.3) is 0 Å². The number of halogens is 2. The van der Waals surface area contributed by atoms with Gasteiger partial charge in [-0.2, -0.15) is 0 Å². The molecule has 0 spiro atoms. The van der Waals surface area contributed by atoms with E-state index in [0.717, 1.165) is 16.7 Å². The second kappa shape index (κ2) is 11.9. The largest absolute Gasteiger partial charge is 0.512 e. The summed E-state index contributed by atoms with van der Waals surface area (Å²) in [6.45, 7) is 4.03. The maximum atomic E-state index is 12.7. The predicted molar refractivity (Wildman–Crippen MR) is 145 cm³/mol. The number of fused-ring (bicyclic) bond motifs is 1. The van der Waals surface area contributed by atoms with E-state index in [1.165, 1.54) is 0 Å². The summed E-state index contributed by atoms with van der Waals surface area (Å²) >= 11 is 12.4. The number of hydrogen-bond donors (Lipinski definition) is 3. The van der Waals surface area contributed by atoms with Crippen molar-refractivity contribution >= 4 is 29.1 Å². The molecule has 4 rings (SSSR count). The average Bonchev–Trinajstić information content (AvgIpc) is 2.89. The monoisotopic (exact) mass is 541 g/mol. The smallest absolute Gasteiger partial charge is 0.251 e. The lowest BCUT2D eigenvalue weighted by Gasteiger charge is -2.27. The molecule has 1 heterocycles. The molecule has 0 aromatic heterocycles. The van der Waals surface area contributed by atoms with Crippen LogP contribution in [0.4, 0.5) is 0 Å². The van der Waals surface area contributed by atoms with Gasteiger partial charge in [-0.3, -0.25) is 4.79 Å². The third-order valence-corrected chi connectivity index (χ3v) is 6.79. The molecule has 194 valence electrons. The van der Waals surface area contributed by atoms with E-state index in [0.29, 0.717) is 58.1 Å². The number of nitrogens with one attached hydrogen (secondary N) is 1. The van der Waals surface area contributed by atoms with E-state index in [1.807, 2.05) is 26.0 Å². The van der Waals surface area contributed by atoms with Crippen molar-refractivity contribution in [1.29, 1.82) is 0 Å². The van der Waals surface area contributed by atoms with E-state index in [9.17, 15) is 15.0 Å². The molecule has 1 amide bonds. The Balaban J connectivity index is 1.43. The Morgan fingerprint density at radius 2 is 1.81 bits per heavy atom.